The fourth-order valence-corrected chi connectivity index (χ4v) is 2.86. The summed E-state index contributed by atoms with van der Waals surface area (Å²) in [6, 6.07) is 6.68. The fraction of sp³-hybridized carbons (Fsp3) is 0.667. The molecule has 2 rings (SSSR count). The van der Waals surface area contributed by atoms with Crippen LogP contribution in [-0.4, -0.2) is 26.4 Å². The van der Waals surface area contributed by atoms with Gasteiger partial charge in [-0.1, -0.05) is 26.8 Å². The van der Waals surface area contributed by atoms with Gasteiger partial charge in [0.25, 0.3) is 0 Å². The van der Waals surface area contributed by atoms with Gasteiger partial charge >= 0.3 is 0 Å². The van der Waals surface area contributed by atoms with Gasteiger partial charge in [-0.25, -0.2) is 0 Å². The maximum absolute atomic E-state index is 6.18. The number of hydrogen-bond donors (Lipinski definition) is 1. The van der Waals surface area contributed by atoms with Crippen molar-refractivity contribution in [2.24, 2.45) is 5.92 Å². The maximum atomic E-state index is 6.18. The van der Waals surface area contributed by atoms with Crippen molar-refractivity contribution in [2.75, 3.05) is 20.3 Å². The second-order valence-electron chi connectivity index (χ2n) is 6.29. The van der Waals surface area contributed by atoms with E-state index in [4.69, 9.17) is 9.47 Å². The minimum absolute atomic E-state index is 0.248. The molecule has 1 aromatic rings. The lowest BCUT2D eigenvalue weighted by Gasteiger charge is -2.23. The van der Waals surface area contributed by atoms with Crippen LogP contribution in [0, 0.1) is 5.92 Å². The topological polar surface area (TPSA) is 30.5 Å². The van der Waals surface area contributed by atoms with Gasteiger partial charge in [-0.2, -0.15) is 0 Å². The number of ether oxygens (including phenoxy) is 2. The normalized spacial score (nSPS) is 20.8. The van der Waals surface area contributed by atoms with Crippen molar-refractivity contribution in [1.29, 1.82) is 0 Å². The molecule has 0 spiro atoms. The van der Waals surface area contributed by atoms with Crippen LogP contribution in [0.2, 0.25) is 0 Å². The molecule has 0 aliphatic heterocycles. The van der Waals surface area contributed by atoms with Gasteiger partial charge < -0.3 is 14.8 Å². The van der Waals surface area contributed by atoms with Gasteiger partial charge in [0.1, 0.15) is 5.75 Å². The zero-order chi connectivity index (χ0) is 15.2. The summed E-state index contributed by atoms with van der Waals surface area (Å²) in [4.78, 5) is 0. The first-order chi connectivity index (χ1) is 10.2. The molecule has 0 bridgehead atoms. The molecule has 2 unspecified atom stereocenters. The highest BCUT2D eigenvalue weighted by molar-refractivity contribution is 5.42. The van der Waals surface area contributed by atoms with Gasteiger partial charge in [-0.15, -0.1) is 0 Å². The first kappa shape index (κ1) is 16.3. The summed E-state index contributed by atoms with van der Waals surface area (Å²) >= 11 is 0. The Bertz CT molecular complexity index is 445. The van der Waals surface area contributed by atoms with Crippen molar-refractivity contribution in [3.8, 4) is 5.75 Å². The molecule has 0 aromatic heterocycles. The van der Waals surface area contributed by atoms with E-state index in [-0.39, 0.29) is 6.10 Å². The highest BCUT2D eigenvalue weighted by Gasteiger charge is 2.33. The van der Waals surface area contributed by atoms with E-state index < -0.39 is 0 Å². The van der Waals surface area contributed by atoms with Crippen LogP contribution in [0.1, 0.15) is 50.8 Å². The summed E-state index contributed by atoms with van der Waals surface area (Å²) in [5.74, 6) is 1.62. The van der Waals surface area contributed by atoms with Gasteiger partial charge in [0.2, 0.25) is 0 Å². The summed E-state index contributed by atoms with van der Waals surface area (Å²) in [5.41, 5.74) is 2.73. The molecule has 0 heterocycles. The molecule has 0 saturated carbocycles. The molecule has 1 aliphatic rings. The lowest BCUT2D eigenvalue weighted by molar-refractivity contribution is 0.0289. The van der Waals surface area contributed by atoms with Crippen molar-refractivity contribution >= 4 is 0 Å². The van der Waals surface area contributed by atoms with Crippen LogP contribution in [0.3, 0.4) is 0 Å². The lowest BCUT2D eigenvalue weighted by atomic mass is 10.1. The third kappa shape index (κ3) is 4.21. The molecule has 2 atom stereocenters. The molecule has 3 heteroatoms. The molecule has 1 aromatic carbocycles. The number of rotatable bonds is 8. The summed E-state index contributed by atoms with van der Waals surface area (Å²) in [5, 5.41) is 3.65. The van der Waals surface area contributed by atoms with E-state index in [1.165, 1.54) is 11.1 Å². The minimum atomic E-state index is 0.248. The van der Waals surface area contributed by atoms with Crippen LogP contribution in [0.5, 0.6) is 5.75 Å². The van der Waals surface area contributed by atoms with Gasteiger partial charge in [0.05, 0.1) is 19.3 Å². The Hall–Kier alpha value is -1.06. The molecule has 1 N–H and O–H groups in total. The first-order valence-electron chi connectivity index (χ1n) is 8.17. The predicted octanol–water partition coefficient (Wildman–Crippen LogP) is 3.72. The Labute approximate surface area is 129 Å². The maximum Gasteiger partial charge on any atom is 0.119 e. The van der Waals surface area contributed by atoms with Gasteiger partial charge in [0, 0.05) is 13.0 Å². The molecular weight excluding hydrogens is 262 g/mol. The van der Waals surface area contributed by atoms with E-state index in [1.807, 2.05) is 6.07 Å². The van der Waals surface area contributed by atoms with Crippen molar-refractivity contribution in [1.82, 2.24) is 5.32 Å². The van der Waals surface area contributed by atoms with E-state index in [9.17, 15) is 0 Å². The van der Waals surface area contributed by atoms with E-state index >= 15 is 0 Å². The van der Waals surface area contributed by atoms with Crippen LogP contribution in [-0.2, 0) is 11.2 Å². The Kier molecular flexibility index (Phi) is 6.07. The number of methoxy groups -OCH3 is 1. The van der Waals surface area contributed by atoms with Crippen LogP contribution >= 0.6 is 0 Å². The quantitative estimate of drug-likeness (QED) is 0.792. The van der Waals surface area contributed by atoms with Crippen molar-refractivity contribution in [3.63, 3.8) is 0 Å². The molecule has 0 radical (unpaired) electrons. The molecule has 0 saturated heterocycles. The van der Waals surface area contributed by atoms with Crippen LogP contribution in [0.15, 0.2) is 18.2 Å². The summed E-state index contributed by atoms with van der Waals surface area (Å²) in [6.45, 7) is 8.54. The largest absolute Gasteiger partial charge is 0.497 e. The van der Waals surface area contributed by atoms with Crippen molar-refractivity contribution in [3.05, 3.63) is 29.3 Å². The molecular formula is C18H29NO2. The summed E-state index contributed by atoms with van der Waals surface area (Å²) < 4.78 is 11.5. The highest BCUT2D eigenvalue weighted by atomic mass is 16.5. The SMILES string of the molecule is CCCNC1c2cc(OC)ccc2CC1OCCC(C)C. The smallest absolute Gasteiger partial charge is 0.119 e. The van der Waals surface area contributed by atoms with Crippen molar-refractivity contribution in [2.45, 2.75) is 52.2 Å². The monoisotopic (exact) mass is 291 g/mol. The van der Waals surface area contributed by atoms with E-state index in [0.29, 0.717) is 12.0 Å². The minimum Gasteiger partial charge on any atom is -0.497 e. The molecule has 0 fully saturated rings. The zero-order valence-electron chi connectivity index (χ0n) is 13.8. The second-order valence-corrected chi connectivity index (χ2v) is 6.29. The van der Waals surface area contributed by atoms with E-state index in [0.717, 1.165) is 38.2 Å². The number of hydrogen-bond acceptors (Lipinski definition) is 3. The molecule has 21 heavy (non-hydrogen) atoms. The molecule has 0 amide bonds. The Morgan fingerprint density at radius 3 is 2.81 bits per heavy atom. The van der Waals surface area contributed by atoms with Crippen LogP contribution < -0.4 is 10.1 Å². The van der Waals surface area contributed by atoms with E-state index in [1.54, 1.807) is 7.11 Å². The summed E-state index contributed by atoms with van der Waals surface area (Å²) in [6.07, 6.45) is 3.50. The standard InChI is InChI=1S/C18H29NO2/c1-5-9-19-18-16-12-15(20-4)7-6-14(16)11-17(18)21-10-8-13(2)3/h6-7,12-13,17-19H,5,8-11H2,1-4H3. The first-order valence-corrected chi connectivity index (χ1v) is 8.17. The fourth-order valence-electron chi connectivity index (χ4n) is 2.86. The third-order valence-corrected chi connectivity index (χ3v) is 4.12. The lowest BCUT2D eigenvalue weighted by Crippen LogP contribution is -2.31. The Morgan fingerprint density at radius 1 is 1.33 bits per heavy atom. The van der Waals surface area contributed by atoms with Crippen LogP contribution in [0.4, 0.5) is 0 Å². The zero-order valence-corrected chi connectivity index (χ0v) is 13.8. The number of nitrogens with one attached hydrogen (secondary N) is 1. The highest BCUT2D eigenvalue weighted by Crippen LogP contribution is 2.35. The number of benzene rings is 1. The predicted molar refractivity (Wildman–Crippen MR) is 86.9 cm³/mol. The van der Waals surface area contributed by atoms with Crippen LogP contribution in [0.25, 0.3) is 0 Å². The molecule has 118 valence electrons. The average Bonchev–Trinajstić information content (AvgIpc) is 2.81. The third-order valence-electron chi connectivity index (χ3n) is 4.12. The summed E-state index contributed by atoms with van der Waals surface area (Å²) in [7, 11) is 1.72. The van der Waals surface area contributed by atoms with Gasteiger partial charge in [-0.05, 0) is 48.6 Å². The average molecular weight is 291 g/mol. The van der Waals surface area contributed by atoms with E-state index in [2.05, 4.69) is 38.2 Å². The van der Waals surface area contributed by atoms with Crippen molar-refractivity contribution < 1.29 is 9.47 Å². The Balaban J connectivity index is 2.08. The Morgan fingerprint density at radius 2 is 2.14 bits per heavy atom. The number of fused-ring (bicyclic) bond motifs is 1. The molecule has 1 aliphatic carbocycles. The molecule has 3 nitrogen and oxygen atoms in total. The van der Waals surface area contributed by atoms with Gasteiger partial charge in [0.15, 0.2) is 0 Å². The van der Waals surface area contributed by atoms with Gasteiger partial charge in [-0.3, -0.25) is 0 Å². The second kappa shape index (κ2) is 7.81.